The molecule has 1 N–H and O–H groups in total. The van der Waals surface area contributed by atoms with Gasteiger partial charge in [0.1, 0.15) is 11.6 Å². The van der Waals surface area contributed by atoms with E-state index < -0.39 is 29.1 Å². The average molecular weight is 444 g/mol. The lowest BCUT2D eigenvalue weighted by atomic mass is 9.98. The molecule has 0 fully saturated rings. The molecule has 9 heteroatoms. The van der Waals surface area contributed by atoms with Gasteiger partial charge in [-0.2, -0.15) is 9.37 Å². The van der Waals surface area contributed by atoms with Gasteiger partial charge in [-0.15, -0.1) is 11.3 Å². The molecule has 2 aromatic heterocycles. The summed E-state index contributed by atoms with van der Waals surface area (Å²) in [6, 6.07) is 2.53. The SMILES string of the molecule is Cc1nc2c(s1)=C[C@@H](Nc1nc(=O)c(F)c3n1C(c1cc(F)cc(F)c1)CC3)C(C)C=2. The summed E-state index contributed by atoms with van der Waals surface area (Å²) in [5.41, 5.74) is -0.378. The lowest BCUT2D eigenvalue weighted by Crippen LogP contribution is -2.38. The molecule has 0 radical (unpaired) electrons. The normalized spacial score (nSPS) is 21.8. The van der Waals surface area contributed by atoms with Crippen LogP contribution in [-0.4, -0.2) is 20.6 Å². The lowest BCUT2D eigenvalue weighted by Gasteiger charge is -2.26. The van der Waals surface area contributed by atoms with Gasteiger partial charge >= 0.3 is 5.56 Å². The Morgan fingerprint density at radius 1 is 1.13 bits per heavy atom. The van der Waals surface area contributed by atoms with Crippen molar-refractivity contribution in [3.8, 4) is 0 Å². The zero-order chi connectivity index (χ0) is 21.9. The van der Waals surface area contributed by atoms with Gasteiger partial charge < -0.3 is 9.88 Å². The van der Waals surface area contributed by atoms with Crippen molar-refractivity contribution in [3.05, 3.63) is 72.2 Å². The maximum absolute atomic E-state index is 14.6. The van der Waals surface area contributed by atoms with E-state index >= 15 is 0 Å². The monoisotopic (exact) mass is 444 g/mol. The second-order valence-electron chi connectivity index (χ2n) is 7.97. The van der Waals surface area contributed by atoms with E-state index in [-0.39, 0.29) is 30.0 Å². The predicted octanol–water partition coefficient (Wildman–Crippen LogP) is 2.65. The Labute approximate surface area is 179 Å². The maximum atomic E-state index is 14.6. The first kappa shape index (κ1) is 20.0. The summed E-state index contributed by atoms with van der Waals surface area (Å²) in [6.07, 6.45) is 4.75. The van der Waals surface area contributed by atoms with Crippen molar-refractivity contribution in [1.82, 2.24) is 14.5 Å². The van der Waals surface area contributed by atoms with E-state index in [9.17, 15) is 18.0 Å². The van der Waals surface area contributed by atoms with E-state index in [0.29, 0.717) is 12.0 Å². The van der Waals surface area contributed by atoms with Crippen molar-refractivity contribution >= 4 is 29.4 Å². The minimum Gasteiger partial charge on any atom is -0.349 e. The minimum atomic E-state index is -0.943. The number of anilines is 1. The van der Waals surface area contributed by atoms with Gasteiger partial charge in [-0.25, -0.2) is 13.8 Å². The highest BCUT2D eigenvalue weighted by molar-refractivity contribution is 7.09. The molecule has 31 heavy (non-hydrogen) atoms. The molecule has 0 amide bonds. The highest BCUT2D eigenvalue weighted by Gasteiger charge is 2.32. The van der Waals surface area contributed by atoms with Crippen LogP contribution in [0.3, 0.4) is 0 Å². The number of rotatable bonds is 3. The predicted molar refractivity (Wildman–Crippen MR) is 113 cm³/mol. The third kappa shape index (κ3) is 3.46. The summed E-state index contributed by atoms with van der Waals surface area (Å²) in [6.45, 7) is 3.95. The van der Waals surface area contributed by atoms with Crippen molar-refractivity contribution < 1.29 is 13.2 Å². The second-order valence-corrected chi connectivity index (χ2v) is 9.21. The maximum Gasteiger partial charge on any atom is 0.310 e. The summed E-state index contributed by atoms with van der Waals surface area (Å²) in [5.74, 6) is -2.09. The van der Waals surface area contributed by atoms with Gasteiger partial charge in [0, 0.05) is 12.0 Å². The molecule has 1 aliphatic carbocycles. The van der Waals surface area contributed by atoms with Crippen molar-refractivity contribution in [3.63, 3.8) is 0 Å². The molecule has 0 spiro atoms. The number of benzene rings is 1. The first-order chi connectivity index (χ1) is 14.8. The fourth-order valence-electron chi connectivity index (χ4n) is 4.40. The molecular formula is C22H19F3N4OS. The van der Waals surface area contributed by atoms with Gasteiger partial charge in [-0.3, -0.25) is 4.79 Å². The number of halogens is 3. The van der Waals surface area contributed by atoms with Crippen LogP contribution in [0.15, 0.2) is 23.0 Å². The highest BCUT2D eigenvalue weighted by Crippen LogP contribution is 2.35. The van der Waals surface area contributed by atoms with Crippen molar-refractivity contribution in [2.75, 3.05) is 5.32 Å². The van der Waals surface area contributed by atoms with Crippen LogP contribution < -0.4 is 20.8 Å². The van der Waals surface area contributed by atoms with Crippen molar-refractivity contribution in [2.24, 2.45) is 5.92 Å². The molecule has 1 aromatic carbocycles. The fraction of sp³-hybridized carbons (Fsp3) is 0.318. The van der Waals surface area contributed by atoms with Gasteiger partial charge in [-0.05, 0) is 43.5 Å². The van der Waals surface area contributed by atoms with Gasteiger partial charge in [0.2, 0.25) is 11.8 Å². The number of fused-ring (bicyclic) bond motifs is 2. The molecule has 2 aliphatic rings. The first-order valence-electron chi connectivity index (χ1n) is 10.0. The van der Waals surface area contributed by atoms with Crippen LogP contribution >= 0.6 is 11.3 Å². The summed E-state index contributed by atoms with van der Waals surface area (Å²) < 4.78 is 44.9. The van der Waals surface area contributed by atoms with E-state index in [1.807, 2.05) is 26.0 Å². The number of nitrogens with one attached hydrogen (secondary N) is 1. The molecule has 0 bridgehead atoms. The Morgan fingerprint density at radius 3 is 2.61 bits per heavy atom. The lowest BCUT2D eigenvalue weighted by molar-refractivity contribution is 0.540. The minimum absolute atomic E-state index is 0.0404. The van der Waals surface area contributed by atoms with Crippen LogP contribution in [0.4, 0.5) is 19.1 Å². The topological polar surface area (TPSA) is 59.8 Å². The number of hydrogen-bond acceptors (Lipinski definition) is 5. The fourth-order valence-corrected chi connectivity index (χ4v) is 5.29. The summed E-state index contributed by atoms with van der Waals surface area (Å²) >= 11 is 1.57. The molecule has 3 heterocycles. The Balaban J connectivity index is 1.61. The highest BCUT2D eigenvalue weighted by atomic mass is 32.1. The molecule has 3 atom stereocenters. The van der Waals surface area contributed by atoms with Crippen LogP contribution in [0.1, 0.15) is 35.7 Å². The van der Waals surface area contributed by atoms with E-state index in [2.05, 4.69) is 15.3 Å². The van der Waals surface area contributed by atoms with Crippen LogP contribution in [0.25, 0.3) is 12.2 Å². The molecule has 0 saturated heterocycles. The van der Waals surface area contributed by atoms with Gasteiger partial charge in [0.05, 0.1) is 32.7 Å². The summed E-state index contributed by atoms with van der Waals surface area (Å²) in [7, 11) is 0. The largest absolute Gasteiger partial charge is 0.349 e. The van der Waals surface area contributed by atoms with Crippen molar-refractivity contribution in [1.29, 1.82) is 0 Å². The Kier molecular flexibility index (Phi) is 4.73. The van der Waals surface area contributed by atoms with Crippen LogP contribution in [0.2, 0.25) is 0 Å². The third-order valence-electron chi connectivity index (χ3n) is 5.81. The van der Waals surface area contributed by atoms with E-state index in [4.69, 9.17) is 0 Å². The smallest absolute Gasteiger partial charge is 0.310 e. The quantitative estimate of drug-likeness (QED) is 0.675. The molecule has 5 nitrogen and oxygen atoms in total. The molecule has 1 aliphatic heterocycles. The van der Waals surface area contributed by atoms with Crippen LogP contribution in [0.5, 0.6) is 0 Å². The average Bonchev–Trinajstić information content (AvgIpc) is 3.28. The second kappa shape index (κ2) is 7.33. The van der Waals surface area contributed by atoms with Crippen LogP contribution in [0, 0.1) is 30.3 Å². The van der Waals surface area contributed by atoms with E-state index in [1.165, 1.54) is 12.1 Å². The molecule has 3 aromatic rings. The van der Waals surface area contributed by atoms with Crippen LogP contribution in [-0.2, 0) is 6.42 Å². The van der Waals surface area contributed by atoms with E-state index in [1.54, 1.807) is 15.9 Å². The molecule has 0 saturated carbocycles. The zero-order valence-electron chi connectivity index (χ0n) is 16.8. The van der Waals surface area contributed by atoms with Crippen molar-refractivity contribution in [2.45, 2.75) is 38.8 Å². The molecule has 5 rings (SSSR count). The number of thiazole rings is 1. The molecule has 2 unspecified atom stereocenters. The molecule has 160 valence electrons. The van der Waals surface area contributed by atoms with E-state index in [0.717, 1.165) is 21.0 Å². The van der Waals surface area contributed by atoms with Gasteiger partial charge in [0.25, 0.3) is 0 Å². The number of hydrogen-bond donors (Lipinski definition) is 1. The number of aryl methyl sites for hydroxylation is 1. The summed E-state index contributed by atoms with van der Waals surface area (Å²) in [4.78, 5) is 20.6. The zero-order valence-corrected chi connectivity index (χ0v) is 17.6. The Hall–Kier alpha value is -2.94. The number of nitrogens with zero attached hydrogens (tertiary/aromatic N) is 3. The standard InChI is InChI=1S/C22H19F3N4OS/c1-10-5-16-19(31-11(2)26-16)9-15(10)27-22-28-21(30)20(25)18-4-3-17(29(18)22)12-6-13(23)8-14(24)7-12/h5-10,15,17H,3-4H2,1-2H3,(H,27,28,30)/t10?,15-,17?/m1/s1. The number of aromatic nitrogens is 3. The van der Waals surface area contributed by atoms with Gasteiger partial charge in [-0.1, -0.05) is 13.0 Å². The first-order valence-corrected chi connectivity index (χ1v) is 10.8. The third-order valence-corrected chi connectivity index (χ3v) is 6.76. The van der Waals surface area contributed by atoms with Gasteiger partial charge in [0.15, 0.2) is 0 Å². The summed E-state index contributed by atoms with van der Waals surface area (Å²) in [5, 5.41) is 5.15. The Morgan fingerprint density at radius 2 is 1.87 bits per heavy atom. The Bertz CT molecular complexity index is 1360. The molecular weight excluding hydrogens is 425 g/mol.